The molecule has 0 spiro atoms. The zero-order valence-corrected chi connectivity index (χ0v) is 14.6. The van der Waals surface area contributed by atoms with Crippen LogP contribution in [-0.4, -0.2) is 20.7 Å². The van der Waals surface area contributed by atoms with Crippen LogP contribution in [0.15, 0.2) is 35.2 Å². The number of thioether (sulfide) groups is 1. The maximum Gasteiger partial charge on any atom is 0.191 e. The van der Waals surface area contributed by atoms with Crippen molar-refractivity contribution < 1.29 is 4.43 Å². The summed E-state index contributed by atoms with van der Waals surface area (Å²) in [6.45, 7) is 10.1. The van der Waals surface area contributed by atoms with E-state index >= 15 is 0 Å². The molecule has 1 aromatic carbocycles. The lowest BCUT2D eigenvalue weighted by Gasteiger charge is -2.29. The number of benzene rings is 1. The van der Waals surface area contributed by atoms with Crippen molar-refractivity contribution in [2.45, 2.75) is 50.7 Å². The van der Waals surface area contributed by atoms with Crippen LogP contribution in [0, 0.1) is 5.92 Å². The monoisotopic (exact) mass is 296 g/mol. The van der Waals surface area contributed by atoms with Gasteiger partial charge >= 0.3 is 0 Å². The van der Waals surface area contributed by atoms with Gasteiger partial charge in [-0.1, -0.05) is 45.9 Å². The Hall–Kier alpha value is -0.253. The molecule has 0 aliphatic rings. The normalized spacial score (nSPS) is 13.5. The van der Waals surface area contributed by atoms with Gasteiger partial charge in [0.05, 0.1) is 0 Å². The van der Waals surface area contributed by atoms with Gasteiger partial charge in [-0.15, -0.1) is 11.8 Å². The fraction of sp³-hybridized carbons (Fsp3) is 0.625. The first-order valence-electron chi connectivity index (χ1n) is 7.47. The van der Waals surface area contributed by atoms with E-state index in [1.165, 1.54) is 23.0 Å². The van der Waals surface area contributed by atoms with Gasteiger partial charge in [0.1, 0.15) is 0 Å². The summed E-state index contributed by atoms with van der Waals surface area (Å²) in [5, 5.41) is 0. The number of rotatable bonds is 9. The summed E-state index contributed by atoms with van der Waals surface area (Å²) < 4.78 is 6.35. The molecule has 0 fully saturated rings. The van der Waals surface area contributed by atoms with Gasteiger partial charge in [0.25, 0.3) is 0 Å². The molecule has 1 rings (SSSR count). The van der Waals surface area contributed by atoms with E-state index in [4.69, 9.17) is 4.43 Å². The second-order valence-electron chi connectivity index (χ2n) is 5.28. The summed E-state index contributed by atoms with van der Waals surface area (Å²) in [6, 6.07) is 14.4. The first-order valence-corrected chi connectivity index (χ1v) is 11.0. The molecule has 108 valence electrons. The fourth-order valence-corrected chi connectivity index (χ4v) is 5.85. The second-order valence-corrected chi connectivity index (χ2v) is 11.2. The highest BCUT2D eigenvalue weighted by molar-refractivity contribution is 7.99. The molecule has 0 heterocycles. The maximum atomic E-state index is 6.35. The quantitative estimate of drug-likeness (QED) is 0.443. The predicted molar refractivity (Wildman–Crippen MR) is 89.5 cm³/mol. The maximum absolute atomic E-state index is 6.35. The Kier molecular flexibility index (Phi) is 7.80. The molecule has 19 heavy (non-hydrogen) atoms. The van der Waals surface area contributed by atoms with Crippen molar-refractivity contribution in [3.63, 3.8) is 0 Å². The van der Waals surface area contributed by atoms with E-state index in [0.717, 1.165) is 12.4 Å². The van der Waals surface area contributed by atoms with Gasteiger partial charge in [-0.05, 0) is 36.2 Å². The molecule has 0 amide bonds. The van der Waals surface area contributed by atoms with E-state index in [1.807, 2.05) is 11.8 Å². The van der Waals surface area contributed by atoms with Gasteiger partial charge in [-0.25, -0.2) is 0 Å². The lowest BCUT2D eigenvalue weighted by molar-refractivity contribution is 0.257. The van der Waals surface area contributed by atoms with Gasteiger partial charge in [0.2, 0.25) is 0 Å². The molecule has 0 aliphatic heterocycles. The molecular formula is C16H28OSSi. The van der Waals surface area contributed by atoms with Crippen LogP contribution in [0.1, 0.15) is 27.7 Å². The molecule has 3 heteroatoms. The first-order chi connectivity index (χ1) is 9.15. The second kappa shape index (κ2) is 8.83. The van der Waals surface area contributed by atoms with E-state index in [1.54, 1.807) is 0 Å². The zero-order chi connectivity index (χ0) is 14.1. The highest BCUT2D eigenvalue weighted by Crippen LogP contribution is 2.24. The Morgan fingerprint density at radius 3 is 2.16 bits per heavy atom. The Morgan fingerprint density at radius 1 is 1.05 bits per heavy atom. The topological polar surface area (TPSA) is 9.23 Å². The average Bonchev–Trinajstić information content (AvgIpc) is 2.48. The number of hydrogen-bond donors (Lipinski definition) is 0. The first kappa shape index (κ1) is 16.8. The average molecular weight is 297 g/mol. The van der Waals surface area contributed by atoms with Gasteiger partial charge in [0.15, 0.2) is 8.32 Å². The fourth-order valence-electron chi connectivity index (χ4n) is 2.18. The third-order valence-electron chi connectivity index (χ3n) is 3.88. The minimum absolute atomic E-state index is 0.627. The van der Waals surface area contributed by atoms with Crippen LogP contribution in [0.3, 0.4) is 0 Å². The third kappa shape index (κ3) is 5.72. The van der Waals surface area contributed by atoms with Crippen LogP contribution < -0.4 is 0 Å². The molecule has 0 radical (unpaired) electrons. The zero-order valence-electron chi connectivity index (χ0n) is 12.8. The van der Waals surface area contributed by atoms with E-state index in [2.05, 4.69) is 58.0 Å². The summed E-state index contributed by atoms with van der Waals surface area (Å²) in [5.41, 5.74) is 0. The van der Waals surface area contributed by atoms with Crippen molar-refractivity contribution in [2.24, 2.45) is 5.92 Å². The van der Waals surface area contributed by atoms with E-state index < -0.39 is 8.32 Å². The largest absolute Gasteiger partial charge is 0.417 e. The molecule has 0 saturated heterocycles. The molecule has 0 N–H and O–H groups in total. The highest BCUT2D eigenvalue weighted by atomic mass is 32.2. The van der Waals surface area contributed by atoms with E-state index in [9.17, 15) is 0 Å². The lowest BCUT2D eigenvalue weighted by atomic mass is 10.2. The molecule has 0 saturated carbocycles. The van der Waals surface area contributed by atoms with Gasteiger partial charge in [-0.2, -0.15) is 0 Å². The summed E-state index contributed by atoms with van der Waals surface area (Å²) in [7, 11) is -1.40. The van der Waals surface area contributed by atoms with Crippen molar-refractivity contribution in [3.8, 4) is 0 Å². The van der Waals surface area contributed by atoms with Gasteiger partial charge < -0.3 is 4.43 Å². The van der Waals surface area contributed by atoms with Crippen molar-refractivity contribution in [2.75, 3.05) is 12.4 Å². The molecule has 0 aliphatic carbocycles. The summed E-state index contributed by atoms with van der Waals surface area (Å²) >= 11 is 1.94. The Bertz CT molecular complexity index is 330. The minimum Gasteiger partial charge on any atom is -0.417 e. The molecule has 1 nitrogen and oxygen atoms in total. The molecule has 0 aromatic heterocycles. The van der Waals surface area contributed by atoms with Crippen LogP contribution in [-0.2, 0) is 4.43 Å². The summed E-state index contributed by atoms with van der Waals surface area (Å²) in [4.78, 5) is 1.36. The SMILES string of the molecule is CC[Si](CC)(CC)OCC(C)CSc1ccccc1. The van der Waals surface area contributed by atoms with Gasteiger partial charge in [-0.3, -0.25) is 0 Å². The highest BCUT2D eigenvalue weighted by Gasteiger charge is 2.28. The Balaban J connectivity index is 2.33. The standard InChI is InChI=1S/C16H28OSSi/c1-5-19(6-2,7-3)17-13-15(4)14-18-16-11-9-8-10-12-16/h8-12,15H,5-7,13-14H2,1-4H3. The predicted octanol–water partition coefficient (Wildman–Crippen LogP) is 5.44. The van der Waals surface area contributed by atoms with Crippen LogP contribution in [0.4, 0.5) is 0 Å². The minimum atomic E-state index is -1.40. The lowest BCUT2D eigenvalue weighted by Crippen LogP contribution is -2.37. The van der Waals surface area contributed by atoms with Crippen molar-refractivity contribution in [1.82, 2.24) is 0 Å². The van der Waals surface area contributed by atoms with Crippen LogP contribution in [0.25, 0.3) is 0 Å². The van der Waals surface area contributed by atoms with Crippen LogP contribution in [0.2, 0.25) is 18.1 Å². The molecule has 1 aromatic rings. The third-order valence-corrected chi connectivity index (χ3v) is 9.87. The number of hydrogen-bond acceptors (Lipinski definition) is 2. The molecule has 1 unspecified atom stereocenters. The van der Waals surface area contributed by atoms with Crippen LogP contribution >= 0.6 is 11.8 Å². The molecule has 0 bridgehead atoms. The van der Waals surface area contributed by atoms with Crippen molar-refractivity contribution in [1.29, 1.82) is 0 Å². The summed E-state index contributed by atoms with van der Waals surface area (Å²) in [6.07, 6.45) is 0. The Morgan fingerprint density at radius 2 is 1.63 bits per heavy atom. The van der Waals surface area contributed by atoms with Gasteiger partial charge in [0, 0.05) is 17.3 Å². The van der Waals surface area contributed by atoms with Crippen molar-refractivity contribution >= 4 is 20.1 Å². The Labute approximate surface area is 124 Å². The van der Waals surface area contributed by atoms with E-state index in [-0.39, 0.29) is 0 Å². The van der Waals surface area contributed by atoms with E-state index in [0.29, 0.717) is 5.92 Å². The van der Waals surface area contributed by atoms with Crippen molar-refractivity contribution in [3.05, 3.63) is 30.3 Å². The summed E-state index contributed by atoms with van der Waals surface area (Å²) in [5.74, 6) is 1.77. The molecule has 1 atom stereocenters. The smallest absolute Gasteiger partial charge is 0.191 e. The molecular weight excluding hydrogens is 268 g/mol. The van der Waals surface area contributed by atoms with Crippen LogP contribution in [0.5, 0.6) is 0 Å².